The van der Waals surface area contributed by atoms with Gasteiger partial charge in [0.1, 0.15) is 5.69 Å². The molecule has 86 valence electrons. The highest BCUT2D eigenvalue weighted by Gasteiger charge is 2.11. The van der Waals surface area contributed by atoms with Gasteiger partial charge in [0.25, 0.3) is 0 Å². The van der Waals surface area contributed by atoms with Crippen molar-refractivity contribution in [3.05, 3.63) is 35.4 Å². The van der Waals surface area contributed by atoms with Gasteiger partial charge in [0.2, 0.25) is 5.88 Å². The molecule has 0 radical (unpaired) electrons. The number of nitrogens with zero attached hydrogens (tertiary/aromatic N) is 2. The fraction of sp³-hybridized carbons (Fsp3) is 0.0833. The fourth-order valence-corrected chi connectivity index (χ4v) is 2.16. The Morgan fingerprint density at radius 1 is 1.29 bits per heavy atom. The van der Waals surface area contributed by atoms with Crippen molar-refractivity contribution in [2.75, 3.05) is 5.73 Å². The first-order valence-corrected chi connectivity index (χ1v) is 5.50. The van der Waals surface area contributed by atoms with E-state index in [1.807, 2.05) is 35.9 Å². The molecule has 0 aliphatic heterocycles. The van der Waals surface area contributed by atoms with Crippen LogP contribution in [0.5, 0.6) is 0 Å². The van der Waals surface area contributed by atoms with Crippen molar-refractivity contribution in [3.63, 3.8) is 0 Å². The maximum atomic E-state index is 5.97. The van der Waals surface area contributed by atoms with Gasteiger partial charge in [-0.15, -0.1) is 0 Å². The first-order valence-electron chi connectivity index (χ1n) is 5.13. The molecule has 0 saturated carbocycles. The number of rotatable bonds is 1. The number of hydrogen-bond donors (Lipinski definition) is 1. The molecule has 0 aliphatic rings. The van der Waals surface area contributed by atoms with Crippen LogP contribution in [0.4, 0.5) is 5.88 Å². The zero-order valence-corrected chi connectivity index (χ0v) is 9.90. The minimum absolute atomic E-state index is 0.309. The van der Waals surface area contributed by atoms with E-state index >= 15 is 0 Å². The van der Waals surface area contributed by atoms with Gasteiger partial charge in [0.15, 0.2) is 0 Å². The van der Waals surface area contributed by atoms with Crippen molar-refractivity contribution in [3.8, 4) is 11.4 Å². The van der Waals surface area contributed by atoms with E-state index in [0.29, 0.717) is 10.9 Å². The zero-order chi connectivity index (χ0) is 12.0. The van der Waals surface area contributed by atoms with Crippen LogP contribution in [0.1, 0.15) is 0 Å². The molecule has 0 atom stereocenters. The minimum Gasteiger partial charge on any atom is -0.368 e. The first kappa shape index (κ1) is 10.2. The molecule has 0 fully saturated rings. The van der Waals surface area contributed by atoms with Crippen LogP contribution in [0.15, 0.2) is 34.9 Å². The fourth-order valence-electron chi connectivity index (χ4n) is 1.98. The van der Waals surface area contributed by atoms with Gasteiger partial charge in [0, 0.05) is 29.0 Å². The van der Waals surface area contributed by atoms with Gasteiger partial charge in [-0.25, -0.2) is 0 Å². The second-order valence-corrected chi connectivity index (χ2v) is 4.34. The van der Waals surface area contributed by atoms with Crippen LogP contribution in [0.2, 0.25) is 5.02 Å². The molecule has 2 N–H and O–H groups in total. The Kier molecular flexibility index (Phi) is 2.12. The lowest BCUT2D eigenvalue weighted by atomic mass is 10.2. The quantitative estimate of drug-likeness (QED) is 0.719. The number of aromatic nitrogens is 2. The summed E-state index contributed by atoms with van der Waals surface area (Å²) in [4.78, 5) is 0. The number of anilines is 1. The van der Waals surface area contributed by atoms with Gasteiger partial charge < -0.3 is 14.8 Å². The highest BCUT2D eigenvalue weighted by molar-refractivity contribution is 6.31. The molecule has 2 aromatic heterocycles. The number of fused-ring (bicyclic) bond motifs is 1. The largest absolute Gasteiger partial charge is 0.368 e. The van der Waals surface area contributed by atoms with Crippen molar-refractivity contribution in [1.29, 1.82) is 0 Å². The Balaban J connectivity index is 2.27. The number of hydrogen-bond acceptors (Lipinski definition) is 3. The van der Waals surface area contributed by atoms with Crippen molar-refractivity contribution in [2.45, 2.75) is 0 Å². The van der Waals surface area contributed by atoms with E-state index < -0.39 is 0 Å². The smallest absolute Gasteiger partial charge is 0.222 e. The van der Waals surface area contributed by atoms with E-state index in [9.17, 15) is 0 Å². The Bertz CT molecular complexity index is 699. The predicted octanol–water partition coefficient (Wildman–Crippen LogP) is 3.07. The van der Waals surface area contributed by atoms with Crippen LogP contribution in [-0.4, -0.2) is 9.72 Å². The van der Waals surface area contributed by atoms with Crippen molar-refractivity contribution in [2.24, 2.45) is 7.05 Å². The lowest BCUT2D eigenvalue weighted by Crippen LogP contribution is -1.90. The normalized spacial score (nSPS) is 11.2. The Labute approximate surface area is 103 Å². The van der Waals surface area contributed by atoms with E-state index in [2.05, 4.69) is 5.16 Å². The maximum Gasteiger partial charge on any atom is 0.222 e. The van der Waals surface area contributed by atoms with E-state index in [1.165, 1.54) is 0 Å². The van der Waals surface area contributed by atoms with Crippen molar-refractivity contribution in [1.82, 2.24) is 9.72 Å². The van der Waals surface area contributed by atoms with E-state index in [4.69, 9.17) is 21.9 Å². The average molecular weight is 248 g/mol. The highest BCUT2D eigenvalue weighted by atomic mass is 35.5. The third-order valence-electron chi connectivity index (χ3n) is 2.80. The van der Waals surface area contributed by atoms with Crippen LogP contribution < -0.4 is 5.73 Å². The molecule has 2 heterocycles. The van der Waals surface area contributed by atoms with E-state index in [1.54, 1.807) is 6.07 Å². The summed E-state index contributed by atoms with van der Waals surface area (Å²) in [6, 6.07) is 9.48. The number of nitrogens with two attached hydrogens (primary N) is 1. The zero-order valence-electron chi connectivity index (χ0n) is 9.14. The summed E-state index contributed by atoms with van der Waals surface area (Å²) in [5.41, 5.74) is 8.28. The lowest BCUT2D eigenvalue weighted by molar-refractivity contribution is 0.439. The number of aryl methyl sites for hydroxylation is 1. The molecule has 17 heavy (non-hydrogen) atoms. The molecule has 0 saturated heterocycles. The summed E-state index contributed by atoms with van der Waals surface area (Å²) < 4.78 is 6.91. The molecule has 0 unspecified atom stereocenters. The van der Waals surface area contributed by atoms with Crippen molar-refractivity contribution >= 4 is 28.4 Å². The second-order valence-electron chi connectivity index (χ2n) is 3.91. The number of halogens is 1. The van der Waals surface area contributed by atoms with Crippen LogP contribution in [0, 0.1) is 0 Å². The van der Waals surface area contributed by atoms with Gasteiger partial charge in [-0.05, 0) is 24.3 Å². The Morgan fingerprint density at radius 3 is 2.82 bits per heavy atom. The van der Waals surface area contributed by atoms with Gasteiger partial charge >= 0.3 is 0 Å². The monoisotopic (exact) mass is 247 g/mol. The third kappa shape index (κ3) is 1.57. The van der Waals surface area contributed by atoms with Gasteiger partial charge in [-0.2, -0.15) is 0 Å². The van der Waals surface area contributed by atoms with E-state index in [-0.39, 0.29) is 0 Å². The summed E-state index contributed by atoms with van der Waals surface area (Å²) in [6.45, 7) is 0. The minimum atomic E-state index is 0.309. The molecule has 0 spiro atoms. The lowest BCUT2D eigenvalue weighted by Gasteiger charge is -1.99. The number of benzene rings is 1. The van der Waals surface area contributed by atoms with Crippen LogP contribution in [0.3, 0.4) is 0 Å². The second kappa shape index (κ2) is 3.53. The molecule has 4 nitrogen and oxygen atoms in total. The highest BCUT2D eigenvalue weighted by Crippen LogP contribution is 2.28. The molecule has 0 amide bonds. The topological polar surface area (TPSA) is 57.0 Å². The predicted molar refractivity (Wildman–Crippen MR) is 67.8 cm³/mol. The summed E-state index contributed by atoms with van der Waals surface area (Å²) in [5.74, 6) is 0.309. The number of nitrogen functional groups attached to an aromatic ring is 1. The Morgan fingerprint density at radius 2 is 2.12 bits per heavy atom. The van der Waals surface area contributed by atoms with Crippen LogP contribution >= 0.6 is 11.6 Å². The molecule has 0 aliphatic carbocycles. The summed E-state index contributed by atoms with van der Waals surface area (Å²) in [6.07, 6.45) is 0. The van der Waals surface area contributed by atoms with Crippen LogP contribution in [-0.2, 0) is 7.05 Å². The SMILES string of the molecule is Cn1c(-c2cc(N)on2)cc2cc(Cl)ccc21. The van der Waals surface area contributed by atoms with Crippen LogP contribution in [0.25, 0.3) is 22.3 Å². The summed E-state index contributed by atoms with van der Waals surface area (Å²) in [7, 11) is 1.97. The molecule has 0 bridgehead atoms. The van der Waals surface area contributed by atoms with E-state index in [0.717, 1.165) is 22.3 Å². The maximum absolute atomic E-state index is 5.97. The summed E-state index contributed by atoms with van der Waals surface area (Å²) in [5, 5.41) is 5.69. The van der Waals surface area contributed by atoms with Gasteiger partial charge in [0.05, 0.1) is 5.69 Å². The van der Waals surface area contributed by atoms with Crippen molar-refractivity contribution < 1.29 is 4.52 Å². The summed E-state index contributed by atoms with van der Waals surface area (Å²) >= 11 is 5.97. The molecule has 3 rings (SSSR count). The van der Waals surface area contributed by atoms with Gasteiger partial charge in [-0.1, -0.05) is 16.8 Å². The average Bonchev–Trinajstić information content (AvgIpc) is 2.83. The molecular weight excluding hydrogens is 238 g/mol. The first-order chi connectivity index (χ1) is 8.15. The molecule has 3 aromatic rings. The molecular formula is C12H10ClN3O. The molecule has 1 aromatic carbocycles. The Hall–Kier alpha value is -1.94. The third-order valence-corrected chi connectivity index (χ3v) is 3.03. The van der Waals surface area contributed by atoms with Gasteiger partial charge in [-0.3, -0.25) is 0 Å². The molecule has 5 heteroatoms. The standard InChI is InChI=1S/C12H10ClN3O/c1-16-10-3-2-8(13)4-7(10)5-11(16)9-6-12(14)17-15-9/h2-6H,14H2,1H3.